The summed E-state index contributed by atoms with van der Waals surface area (Å²) in [6.07, 6.45) is -8.27. The first-order valence-electron chi connectivity index (χ1n) is 21.1. The summed E-state index contributed by atoms with van der Waals surface area (Å²) in [7, 11) is -5.28. The summed E-state index contributed by atoms with van der Waals surface area (Å²) in [5.74, 6) is -0.183. The third-order valence-corrected chi connectivity index (χ3v) is 16.8. The van der Waals surface area contributed by atoms with Gasteiger partial charge in [-0.3, -0.25) is 8.98 Å². The van der Waals surface area contributed by atoms with Crippen molar-refractivity contribution in [2.75, 3.05) is 6.61 Å². The Kier molecular flexibility index (Phi) is 13.3. The molecule has 6 N–H and O–H groups in total. The predicted octanol–water partition coefficient (Wildman–Crippen LogP) is -1.04. The first kappa shape index (κ1) is 48.1. The number of fused-ring (bicyclic) bond motifs is 4. The van der Waals surface area contributed by atoms with E-state index in [0.717, 1.165) is 24.8 Å². The molecule has 7 aliphatic rings. The fourth-order valence-corrected chi connectivity index (χ4v) is 13.6. The summed E-state index contributed by atoms with van der Waals surface area (Å²) in [5, 5.41) is 67.8. The Bertz CT molecular complexity index is 1730. The molecule has 332 valence electrons. The monoisotopic (exact) mass is 868 g/mol. The van der Waals surface area contributed by atoms with Crippen LogP contribution in [-0.2, 0) is 43.1 Å². The van der Waals surface area contributed by atoms with Crippen LogP contribution in [0, 0.1) is 39.4 Å². The van der Waals surface area contributed by atoms with Gasteiger partial charge in [-0.25, -0.2) is 8.42 Å². The van der Waals surface area contributed by atoms with Crippen molar-refractivity contribution in [2.45, 2.75) is 192 Å². The van der Waals surface area contributed by atoms with Gasteiger partial charge in [-0.05, 0) is 99.2 Å². The zero-order valence-electron chi connectivity index (χ0n) is 35.9. The normalized spacial score (nSPS) is 50.5. The van der Waals surface area contributed by atoms with E-state index in [9.17, 15) is 48.4 Å². The topological polar surface area (TPSA) is 251 Å². The van der Waals surface area contributed by atoms with Crippen molar-refractivity contribution in [3.63, 3.8) is 0 Å². The van der Waals surface area contributed by atoms with Crippen LogP contribution in [-0.4, -0.2) is 135 Å². The summed E-state index contributed by atoms with van der Waals surface area (Å²) in [6.45, 7) is 15.4. The Morgan fingerprint density at radius 1 is 0.915 bits per heavy atom. The molecule has 18 heteroatoms. The minimum absolute atomic E-state index is 0. The molecule has 59 heavy (non-hydrogen) atoms. The molecule has 6 fully saturated rings. The van der Waals surface area contributed by atoms with Gasteiger partial charge in [-0.1, -0.05) is 59.6 Å². The third-order valence-electron chi connectivity index (χ3n) is 16.3. The van der Waals surface area contributed by atoms with Gasteiger partial charge in [-0.15, -0.1) is 0 Å². The smallest absolute Gasteiger partial charge is 0.726 e. The van der Waals surface area contributed by atoms with Crippen LogP contribution in [0.25, 0.3) is 0 Å². The van der Waals surface area contributed by atoms with Gasteiger partial charge in [0.2, 0.25) is 10.4 Å². The van der Waals surface area contributed by atoms with Crippen molar-refractivity contribution >= 4 is 16.4 Å². The second kappa shape index (κ2) is 16.3. The fourth-order valence-electron chi connectivity index (χ4n) is 13.2. The second-order valence-corrected chi connectivity index (χ2v) is 21.2. The molecule has 3 saturated heterocycles. The second-order valence-electron chi connectivity index (χ2n) is 20.2. The zero-order valence-corrected chi connectivity index (χ0v) is 38.7. The molecule has 16 nitrogen and oxygen atoms in total. The van der Waals surface area contributed by atoms with Crippen molar-refractivity contribution in [2.24, 2.45) is 39.4 Å². The zero-order chi connectivity index (χ0) is 42.8. The number of esters is 1. The van der Waals surface area contributed by atoms with E-state index in [1.165, 1.54) is 6.92 Å². The molecule has 7 rings (SSSR count). The van der Waals surface area contributed by atoms with Gasteiger partial charge in [0.15, 0.2) is 12.6 Å². The van der Waals surface area contributed by atoms with Crippen LogP contribution >= 0.6 is 0 Å². The maximum Gasteiger partial charge on any atom is 1.00 e. The SMILES string of the molecule is CC(C)CCC[C@]1(C)OC(=O)[C@]23[C@H](O)C=C4[C@@H](CC[C@H]5C(C)(C)[C@@H](O[C@@H]6OC[C@@H](OS(=O)(=O)[O-])[C@H](O)[C@H]6O[C@@H]6O[C@H](C)[C@@H](O)[C@H](O)[C@H]6O)CC[C@]45C)[C@]2(C)CC[C@@]31O.[Na+]. The Hall–Kier alpha value is -0.320. The van der Waals surface area contributed by atoms with E-state index < -0.39 is 123 Å². The van der Waals surface area contributed by atoms with E-state index in [2.05, 4.69) is 45.7 Å². The molecule has 3 saturated carbocycles. The number of cyclic esters (lactones) is 1. The largest absolute Gasteiger partial charge is 1.00 e. The van der Waals surface area contributed by atoms with Crippen molar-refractivity contribution in [3.05, 3.63) is 11.6 Å². The molecule has 4 aliphatic carbocycles. The molecule has 0 bridgehead atoms. The standard InChI is InChI=1S/C41H66O16S.Na/c1-20(2)10-9-14-39(8)40(48)17-16-38(7)22-11-12-25-36(4,5)27(13-15-37(25,6)23(22)18-26(42)41(38,40)35(47)56-39)54-34-32(29(44)24(19-52-34)57-58(49,50)51)55-33-31(46)30(45)28(43)21(3)53-33;/h18,20-22,24-34,42-46,48H,9-17,19H2,1-8H3,(H,49,50,51);/q;+1/p-1/t21-,22-,24-,25+,26-,27+,28-,29+,30+,31-,32-,33+,34+,37-,38+,39+,40+,41-;/m1./s1. The third kappa shape index (κ3) is 7.28. The number of carbonyl (C=O) groups excluding carboxylic acids is 1. The maximum absolute atomic E-state index is 14.3. The first-order valence-corrected chi connectivity index (χ1v) is 22.4. The summed E-state index contributed by atoms with van der Waals surface area (Å²) in [5.41, 5.74) is -4.92. The average Bonchev–Trinajstić information content (AvgIpc) is 3.48. The van der Waals surface area contributed by atoms with Crippen LogP contribution in [0.1, 0.15) is 113 Å². The van der Waals surface area contributed by atoms with E-state index in [1.807, 2.05) is 13.0 Å². The predicted molar refractivity (Wildman–Crippen MR) is 202 cm³/mol. The number of rotatable bonds is 10. The molecule has 3 heterocycles. The Labute approximate surface area is 369 Å². The quantitative estimate of drug-likeness (QED) is 0.0383. The number of ether oxygens (including phenoxy) is 5. The van der Waals surface area contributed by atoms with Crippen molar-refractivity contribution in [3.8, 4) is 0 Å². The Balaban J connectivity index is 0.00000585. The molecule has 0 aromatic rings. The molecule has 0 aromatic carbocycles. The van der Waals surface area contributed by atoms with E-state index in [4.69, 9.17) is 23.7 Å². The van der Waals surface area contributed by atoms with E-state index in [1.54, 1.807) is 0 Å². The molecule has 0 amide bonds. The molecular formula is C41H65NaO16S. The van der Waals surface area contributed by atoms with Gasteiger partial charge in [0, 0.05) is 0 Å². The van der Waals surface area contributed by atoms with Gasteiger partial charge in [0.1, 0.15) is 53.2 Å². The number of carbonyl (C=O) groups is 1. The first-order chi connectivity index (χ1) is 26.8. The van der Waals surface area contributed by atoms with Gasteiger partial charge in [-0.2, -0.15) is 0 Å². The molecule has 18 atom stereocenters. The van der Waals surface area contributed by atoms with Gasteiger partial charge in [0.05, 0.1) is 24.9 Å². The Morgan fingerprint density at radius 3 is 2.24 bits per heavy atom. The van der Waals surface area contributed by atoms with Crippen molar-refractivity contribution in [1.82, 2.24) is 0 Å². The van der Waals surface area contributed by atoms with Crippen LogP contribution in [0.15, 0.2) is 11.6 Å². The summed E-state index contributed by atoms with van der Waals surface area (Å²) >= 11 is 0. The van der Waals surface area contributed by atoms with Gasteiger partial charge in [0.25, 0.3) is 0 Å². The van der Waals surface area contributed by atoms with Crippen LogP contribution in [0.4, 0.5) is 0 Å². The number of aliphatic hydroxyl groups is 6. The number of allylic oxidation sites excluding steroid dienone is 1. The van der Waals surface area contributed by atoms with Crippen molar-refractivity contribution in [1.29, 1.82) is 0 Å². The number of aliphatic hydroxyl groups excluding tert-OH is 5. The van der Waals surface area contributed by atoms with E-state index in [0.29, 0.717) is 44.4 Å². The van der Waals surface area contributed by atoms with Crippen molar-refractivity contribution < 1.29 is 106 Å². The van der Waals surface area contributed by atoms with E-state index in [-0.39, 0.29) is 41.4 Å². The van der Waals surface area contributed by atoms with Crippen LogP contribution in [0.2, 0.25) is 0 Å². The summed E-state index contributed by atoms with van der Waals surface area (Å²) in [4.78, 5) is 14.3. The minimum atomic E-state index is -5.28. The minimum Gasteiger partial charge on any atom is -0.726 e. The van der Waals surface area contributed by atoms with E-state index >= 15 is 0 Å². The van der Waals surface area contributed by atoms with Gasteiger partial charge >= 0.3 is 35.5 Å². The van der Waals surface area contributed by atoms with Crippen LogP contribution in [0.5, 0.6) is 0 Å². The summed E-state index contributed by atoms with van der Waals surface area (Å²) < 4.78 is 69.5. The van der Waals surface area contributed by atoms with Gasteiger partial charge < -0.3 is 58.9 Å². The number of hydrogen-bond acceptors (Lipinski definition) is 16. The summed E-state index contributed by atoms with van der Waals surface area (Å²) in [6, 6.07) is 0. The molecule has 0 aromatic heterocycles. The molecular weight excluding hydrogens is 803 g/mol. The average molecular weight is 869 g/mol. The molecule has 0 radical (unpaired) electrons. The molecule has 0 unspecified atom stereocenters. The molecule has 3 aliphatic heterocycles. The Morgan fingerprint density at radius 2 is 1.59 bits per heavy atom. The fraction of sp³-hybridized carbons (Fsp3) is 0.927. The maximum atomic E-state index is 14.3. The number of hydrogen-bond donors (Lipinski definition) is 6. The molecule has 1 spiro atoms. The van der Waals surface area contributed by atoms with Crippen LogP contribution in [0.3, 0.4) is 0 Å². The van der Waals surface area contributed by atoms with Crippen LogP contribution < -0.4 is 29.6 Å².